The van der Waals surface area contributed by atoms with Crippen molar-refractivity contribution in [1.29, 1.82) is 0 Å². The van der Waals surface area contributed by atoms with Crippen LogP contribution in [0.5, 0.6) is 0 Å². The zero-order chi connectivity index (χ0) is 53.6. The van der Waals surface area contributed by atoms with Gasteiger partial charge in [0.25, 0.3) is 0 Å². The summed E-state index contributed by atoms with van der Waals surface area (Å²) in [6.45, 7) is 4.93. The third-order valence-corrected chi connectivity index (χ3v) is 15.7. The number of hydrogen-bond donors (Lipinski definition) is 3. The molecule has 2 atom stereocenters. The molecule has 0 fully saturated rings. The van der Waals surface area contributed by atoms with Crippen LogP contribution in [0.15, 0.2) is 24.3 Å². The van der Waals surface area contributed by atoms with Crippen LogP contribution in [0.1, 0.15) is 373 Å². The van der Waals surface area contributed by atoms with Crippen LogP contribution in [-0.4, -0.2) is 47.4 Å². The molecule has 0 aliphatic heterocycles. The number of esters is 1. The second-order valence-corrected chi connectivity index (χ2v) is 23.2. The summed E-state index contributed by atoms with van der Waals surface area (Å²) in [5, 5.41) is 23.2. The van der Waals surface area contributed by atoms with Crippen molar-refractivity contribution in [1.82, 2.24) is 5.32 Å². The molecule has 0 bridgehead atoms. The largest absolute Gasteiger partial charge is 0.466 e. The van der Waals surface area contributed by atoms with Crippen molar-refractivity contribution >= 4 is 11.9 Å². The molecule has 74 heavy (non-hydrogen) atoms. The number of carbonyl (C=O) groups is 2. The lowest BCUT2D eigenvalue weighted by Crippen LogP contribution is -2.45. The average molecular weight is 1040 g/mol. The van der Waals surface area contributed by atoms with E-state index >= 15 is 0 Å². The van der Waals surface area contributed by atoms with Gasteiger partial charge in [0.2, 0.25) is 5.91 Å². The minimum atomic E-state index is -0.844. The van der Waals surface area contributed by atoms with Gasteiger partial charge in [-0.1, -0.05) is 327 Å². The summed E-state index contributed by atoms with van der Waals surface area (Å²) >= 11 is 0. The summed E-state index contributed by atoms with van der Waals surface area (Å²) in [4.78, 5) is 24.5. The van der Waals surface area contributed by atoms with Crippen molar-refractivity contribution in [3.63, 3.8) is 0 Å². The number of ether oxygens (including phenoxy) is 1. The minimum Gasteiger partial charge on any atom is -0.466 e. The Morgan fingerprint density at radius 3 is 0.959 bits per heavy atom. The van der Waals surface area contributed by atoms with Gasteiger partial charge in [0.05, 0.1) is 25.4 Å². The summed E-state index contributed by atoms with van der Waals surface area (Å²) in [6, 6.07) is -0.628. The number of aliphatic hydroxyl groups is 2. The molecule has 3 N–H and O–H groups in total. The maximum Gasteiger partial charge on any atom is 0.305 e. The van der Waals surface area contributed by atoms with Gasteiger partial charge in [-0.25, -0.2) is 0 Å². The molecule has 0 aliphatic carbocycles. The number of aliphatic hydroxyl groups excluding tert-OH is 2. The molecule has 6 heteroatoms. The molecule has 438 valence electrons. The van der Waals surface area contributed by atoms with Gasteiger partial charge in [0, 0.05) is 12.8 Å². The zero-order valence-corrected chi connectivity index (χ0v) is 50.1. The summed E-state index contributed by atoms with van der Waals surface area (Å²) in [7, 11) is 0. The maximum atomic E-state index is 12.5. The smallest absolute Gasteiger partial charge is 0.305 e. The fourth-order valence-corrected chi connectivity index (χ4v) is 10.6. The SMILES string of the molecule is CCCCCCCCCCCCCCCCCC/C=C/C(O)C(CO)NC(=O)CCCCCCCCCCCCCC/C=C\CCCCCCCCCCCCCCOC(=O)CCCCCCCCCCCCC. The van der Waals surface area contributed by atoms with E-state index in [2.05, 4.69) is 31.3 Å². The Hall–Kier alpha value is -1.66. The highest BCUT2D eigenvalue weighted by molar-refractivity contribution is 5.76. The molecule has 0 aromatic rings. The van der Waals surface area contributed by atoms with Gasteiger partial charge in [0.1, 0.15) is 0 Å². The molecular weight excluding hydrogens is 911 g/mol. The lowest BCUT2D eigenvalue weighted by molar-refractivity contribution is -0.143. The number of amides is 1. The first-order chi connectivity index (χ1) is 36.5. The summed E-state index contributed by atoms with van der Waals surface area (Å²) < 4.78 is 5.47. The molecule has 0 radical (unpaired) electrons. The first-order valence-electron chi connectivity index (χ1n) is 33.6. The molecular formula is C68H131NO5. The van der Waals surface area contributed by atoms with E-state index in [1.54, 1.807) is 6.08 Å². The normalized spacial score (nSPS) is 12.6. The first-order valence-corrected chi connectivity index (χ1v) is 33.6. The van der Waals surface area contributed by atoms with Crippen LogP contribution < -0.4 is 5.32 Å². The highest BCUT2D eigenvalue weighted by Gasteiger charge is 2.18. The van der Waals surface area contributed by atoms with E-state index in [4.69, 9.17) is 4.74 Å². The van der Waals surface area contributed by atoms with Gasteiger partial charge in [-0.05, 0) is 57.8 Å². The highest BCUT2D eigenvalue weighted by atomic mass is 16.5. The Labute approximate surface area is 462 Å². The topological polar surface area (TPSA) is 95.9 Å². The van der Waals surface area contributed by atoms with Gasteiger partial charge in [-0.15, -0.1) is 0 Å². The average Bonchev–Trinajstić information content (AvgIpc) is 3.40. The van der Waals surface area contributed by atoms with Gasteiger partial charge >= 0.3 is 5.97 Å². The molecule has 1 amide bonds. The molecule has 0 aromatic carbocycles. The van der Waals surface area contributed by atoms with E-state index in [0.29, 0.717) is 19.4 Å². The van der Waals surface area contributed by atoms with Gasteiger partial charge in [0.15, 0.2) is 0 Å². The third-order valence-electron chi connectivity index (χ3n) is 15.7. The van der Waals surface area contributed by atoms with Crippen molar-refractivity contribution in [3.8, 4) is 0 Å². The quantitative estimate of drug-likeness (QED) is 0.0320. The van der Waals surface area contributed by atoms with Crippen LogP contribution >= 0.6 is 0 Å². The van der Waals surface area contributed by atoms with Crippen molar-refractivity contribution in [2.24, 2.45) is 0 Å². The first kappa shape index (κ1) is 72.3. The van der Waals surface area contributed by atoms with Crippen LogP contribution in [0.25, 0.3) is 0 Å². The summed E-state index contributed by atoms with van der Waals surface area (Å²) in [5.74, 6) is -0.0492. The molecule has 0 heterocycles. The van der Waals surface area contributed by atoms with E-state index in [-0.39, 0.29) is 18.5 Å². The molecule has 0 rings (SSSR count). The van der Waals surface area contributed by atoms with Crippen LogP contribution in [0, 0.1) is 0 Å². The lowest BCUT2D eigenvalue weighted by Gasteiger charge is -2.20. The molecule has 6 nitrogen and oxygen atoms in total. The second kappa shape index (κ2) is 63.9. The molecule has 2 unspecified atom stereocenters. The number of hydrogen-bond acceptors (Lipinski definition) is 5. The van der Waals surface area contributed by atoms with E-state index in [1.165, 1.54) is 308 Å². The van der Waals surface area contributed by atoms with E-state index in [9.17, 15) is 19.8 Å². The minimum absolute atomic E-state index is 0.0156. The predicted molar refractivity (Wildman–Crippen MR) is 324 cm³/mol. The highest BCUT2D eigenvalue weighted by Crippen LogP contribution is 2.18. The molecule has 0 aliphatic rings. The number of allylic oxidation sites excluding steroid dienone is 3. The van der Waals surface area contributed by atoms with Crippen molar-refractivity contribution in [3.05, 3.63) is 24.3 Å². The lowest BCUT2D eigenvalue weighted by atomic mass is 10.0. The van der Waals surface area contributed by atoms with E-state index in [1.807, 2.05) is 6.08 Å². The predicted octanol–water partition coefficient (Wildman–Crippen LogP) is 21.4. The molecule has 0 saturated heterocycles. The number of unbranched alkanes of at least 4 members (excludes halogenated alkanes) is 50. The standard InChI is InChI=1S/C68H131NO5/c1-3-5-7-9-11-13-15-16-17-18-31-34-37-41-44-48-52-56-60-66(71)65(64-70)69-67(72)61-57-53-49-45-42-38-35-32-29-27-25-23-21-19-20-22-24-26-28-30-33-36-39-43-47-51-55-59-63-74-68(73)62-58-54-50-46-40-14-12-10-8-6-4-2/h19-20,56,60,65-66,70-71H,3-18,21-55,57-59,61-64H2,1-2H3,(H,69,72)/b20-19-,60-56+. The number of carbonyl (C=O) groups excluding carboxylic acids is 2. The van der Waals surface area contributed by atoms with Crippen LogP contribution in [0.2, 0.25) is 0 Å². The van der Waals surface area contributed by atoms with Gasteiger partial charge < -0.3 is 20.3 Å². The Bertz CT molecular complexity index is 1150. The molecule has 0 spiro atoms. The third kappa shape index (κ3) is 59.6. The maximum absolute atomic E-state index is 12.5. The number of rotatable bonds is 63. The van der Waals surface area contributed by atoms with Crippen LogP contribution in [-0.2, 0) is 14.3 Å². The van der Waals surface area contributed by atoms with E-state index in [0.717, 1.165) is 38.5 Å². The van der Waals surface area contributed by atoms with Crippen molar-refractivity contribution in [2.45, 2.75) is 386 Å². The Morgan fingerprint density at radius 1 is 0.365 bits per heavy atom. The van der Waals surface area contributed by atoms with E-state index < -0.39 is 12.1 Å². The van der Waals surface area contributed by atoms with Crippen molar-refractivity contribution in [2.75, 3.05) is 13.2 Å². The Morgan fingerprint density at radius 2 is 0.635 bits per heavy atom. The molecule has 0 aromatic heterocycles. The summed E-state index contributed by atoms with van der Waals surface area (Å²) in [5.41, 5.74) is 0. The fraction of sp³-hybridized carbons (Fsp3) is 0.912. The Balaban J connectivity index is 3.40. The van der Waals surface area contributed by atoms with Crippen molar-refractivity contribution < 1.29 is 24.5 Å². The van der Waals surface area contributed by atoms with Crippen LogP contribution in [0.3, 0.4) is 0 Å². The second-order valence-electron chi connectivity index (χ2n) is 23.2. The fourth-order valence-electron chi connectivity index (χ4n) is 10.6. The van der Waals surface area contributed by atoms with Crippen LogP contribution in [0.4, 0.5) is 0 Å². The monoisotopic (exact) mass is 1040 g/mol. The molecule has 0 saturated carbocycles. The number of nitrogens with one attached hydrogen (secondary N) is 1. The van der Waals surface area contributed by atoms with Gasteiger partial charge in [-0.2, -0.15) is 0 Å². The zero-order valence-electron chi connectivity index (χ0n) is 50.1. The Kier molecular flexibility index (Phi) is 62.4. The summed E-state index contributed by atoms with van der Waals surface area (Å²) in [6.07, 6.45) is 79.6. The van der Waals surface area contributed by atoms with Gasteiger partial charge in [-0.3, -0.25) is 9.59 Å².